The van der Waals surface area contributed by atoms with E-state index >= 15 is 0 Å². The summed E-state index contributed by atoms with van der Waals surface area (Å²) in [6.07, 6.45) is 1.61. The van der Waals surface area contributed by atoms with E-state index in [1.807, 2.05) is 4.52 Å². The molecule has 0 spiro atoms. The summed E-state index contributed by atoms with van der Waals surface area (Å²) in [6, 6.07) is 23.3. The third-order valence-electron chi connectivity index (χ3n) is 4.29. The van der Waals surface area contributed by atoms with Crippen LogP contribution in [0.1, 0.15) is 0 Å². The van der Waals surface area contributed by atoms with Crippen molar-refractivity contribution in [3.63, 3.8) is 0 Å². The Morgan fingerprint density at radius 1 is 0.880 bits per heavy atom. The van der Waals surface area contributed by atoms with E-state index in [1.165, 1.54) is 21.2 Å². The lowest BCUT2D eigenvalue weighted by Crippen LogP contribution is -1.90. The molecule has 0 N–H and O–H groups in total. The largest absolute Gasteiger partial charge is 0.213 e. The minimum absolute atomic E-state index is 0.904. The summed E-state index contributed by atoms with van der Waals surface area (Å²) in [5.74, 6) is 0. The first-order valence-corrected chi connectivity index (χ1v) is 9.49. The normalized spacial score (nSPS) is 11.4. The van der Waals surface area contributed by atoms with Gasteiger partial charge in [-0.1, -0.05) is 81.9 Å². The van der Waals surface area contributed by atoms with Crippen LogP contribution in [-0.4, -0.2) is 14.6 Å². The molecule has 5 heteroatoms. The lowest BCUT2D eigenvalue weighted by Gasteiger charge is -2.08. The van der Waals surface area contributed by atoms with E-state index in [0.717, 1.165) is 20.7 Å². The lowest BCUT2D eigenvalue weighted by molar-refractivity contribution is 0.985. The number of hydrogen-bond donors (Lipinski definition) is 0. The molecule has 3 aromatic carbocycles. The fraction of sp³-hybridized carbons (Fsp3) is 0. The predicted octanol–water partition coefficient (Wildman–Crippen LogP) is 6.04. The van der Waals surface area contributed by atoms with Crippen LogP contribution in [0.5, 0.6) is 0 Å². The maximum Gasteiger partial charge on any atom is 0.213 e. The van der Waals surface area contributed by atoms with Crippen molar-refractivity contribution in [1.29, 1.82) is 0 Å². The maximum atomic E-state index is 4.45. The van der Waals surface area contributed by atoms with E-state index < -0.39 is 0 Å². The highest BCUT2D eigenvalue weighted by atomic mass is 79.9. The molecular weight excluding hydrogens is 394 g/mol. The van der Waals surface area contributed by atoms with Crippen LogP contribution in [0.3, 0.4) is 0 Å². The van der Waals surface area contributed by atoms with Gasteiger partial charge in [0.2, 0.25) is 4.96 Å². The van der Waals surface area contributed by atoms with Crippen LogP contribution in [0.25, 0.3) is 37.4 Å². The average Bonchev–Trinajstić information content (AvgIpc) is 3.23. The highest BCUT2D eigenvalue weighted by molar-refractivity contribution is 9.10. The molecule has 0 aliphatic rings. The van der Waals surface area contributed by atoms with Crippen LogP contribution >= 0.6 is 27.3 Å². The predicted molar refractivity (Wildman–Crippen MR) is 107 cm³/mol. The van der Waals surface area contributed by atoms with E-state index in [4.69, 9.17) is 0 Å². The van der Waals surface area contributed by atoms with Gasteiger partial charge in [-0.05, 0) is 22.9 Å². The molecule has 5 rings (SSSR count). The number of rotatable bonds is 2. The van der Waals surface area contributed by atoms with Crippen molar-refractivity contribution in [1.82, 2.24) is 14.6 Å². The second-order valence-electron chi connectivity index (χ2n) is 5.77. The molecule has 25 heavy (non-hydrogen) atoms. The first kappa shape index (κ1) is 14.8. The van der Waals surface area contributed by atoms with E-state index in [9.17, 15) is 0 Å². The number of aromatic nitrogens is 3. The molecule has 120 valence electrons. The summed E-state index contributed by atoms with van der Waals surface area (Å²) < 4.78 is 3.00. The number of hydrogen-bond acceptors (Lipinski definition) is 3. The zero-order valence-corrected chi connectivity index (χ0v) is 15.5. The minimum atomic E-state index is 0.904. The van der Waals surface area contributed by atoms with Crippen LogP contribution in [0.2, 0.25) is 0 Å². The Kier molecular flexibility index (Phi) is 3.43. The number of nitrogens with zero attached hydrogens (tertiary/aromatic N) is 3. The van der Waals surface area contributed by atoms with Crippen molar-refractivity contribution in [3.8, 4) is 21.7 Å². The third-order valence-corrected chi connectivity index (χ3v) is 5.90. The Morgan fingerprint density at radius 2 is 1.68 bits per heavy atom. The standard InChI is InChI=1S/C20H12BrN3S/c21-15-10-8-14(9-11-15)18-19(25-20-22-12-23-24(18)20)17-7-3-5-13-4-1-2-6-16(13)17/h1-12H. The molecule has 0 saturated carbocycles. The van der Waals surface area contributed by atoms with Crippen LogP contribution in [0, 0.1) is 0 Å². The summed E-state index contributed by atoms with van der Waals surface area (Å²) in [4.78, 5) is 6.50. The van der Waals surface area contributed by atoms with Gasteiger partial charge in [0.25, 0.3) is 0 Å². The molecule has 0 amide bonds. The van der Waals surface area contributed by atoms with Gasteiger partial charge in [-0.3, -0.25) is 0 Å². The fourth-order valence-corrected chi connectivity index (χ4v) is 4.52. The molecule has 0 unspecified atom stereocenters. The molecule has 0 atom stereocenters. The molecule has 0 fully saturated rings. The summed E-state index contributed by atoms with van der Waals surface area (Å²) in [5, 5.41) is 6.93. The summed E-state index contributed by atoms with van der Waals surface area (Å²) in [6.45, 7) is 0. The lowest BCUT2D eigenvalue weighted by atomic mass is 10.0. The Balaban J connectivity index is 1.86. The Morgan fingerprint density at radius 3 is 2.56 bits per heavy atom. The van der Waals surface area contributed by atoms with Crippen molar-refractivity contribution >= 4 is 43.0 Å². The SMILES string of the molecule is Brc1ccc(-c2c(-c3cccc4ccccc34)sc3ncnn23)cc1. The molecule has 5 aromatic rings. The van der Waals surface area contributed by atoms with Gasteiger partial charge in [0.1, 0.15) is 6.33 Å². The zero-order valence-electron chi connectivity index (χ0n) is 13.1. The van der Waals surface area contributed by atoms with Gasteiger partial charge in [-0.15, -0.1) is 0 Å². The monoisotopic (exact) mass is 405 g/mol. The van der Waals surface area contributed by atoms with Crippen molar-refractivity contribution in [2.24, 2.45) is 0 Å². The van der Waals surface area contributed by atoms with Crippen molar-refractivity contribution < 1.29 is 0 Å². The first-order chi connectivity index (χ1) is 12.3. The van der Waals surface area contributed by atoms with Crippen LogP contribution < -0.4 is 0 Å². The molecule has 0 aliphatic heterocycles. The topological polar surface area (TPSA) is 30.2 Å². The Labute approximate surface area is 156 Å². The Bertz CT molecular complexity index is 1200. The molecular formula is C20H12BrN3S. The molecule has 0 aliphatic carbocycles. The summed E-state index contributed by atoms with van der Waals surface area (Å²) in [7, 11) is 0. The third kappa shape index (κ3) is 2.39. The quantitative estimate of drug-likeness (QED) is 0.358. The number of benzene rings is 3. The van der Waals surface area contributed by atoms with E-state index in [2.05, 4.69) is 92.7 Å². The van der Waals surface area contributed by atoms with Gasteiger partial charge in [-0.25, -0.2) is 9.50 Å². The van der Waals surface area contributed by atoms with Crippen LogP contribution in [0.4, 0.5) is 0 Å². The fourth-order valence-electron chi connectivity index (χ4n) is 3.16. The highest BCUT2D eigenvalue weighted by Gasteiger charge is 2.18. The summed E-state index contributed by atoms with van der Waals surface area (Å²) >= 11 is 5.19. The summed E-state index contributed by atoms with van der Waals surface area (Å²) in [5.41, 5.74) is 3.43. The average molecular weight is 406 g/mol. The van der Waals surface area contributed by atoms with Crippen molar-refractivity contribution in [2.45, 2.75) is 0 Å². The van der Waals surface area contributed by atoms with Crippen molar-refractivity contribution in [2.75, 3.05) is 0 Å². The van der Waals surface area contributed by atoms with Crippen LogP contribution in [-0.2, 0) is 0 Å². The second kappa shape index (κ2) is 5.79. The van der Waals surface area contributed by atoms with Crippen molar-refractivity contribution in [3.05, 3.63) is 77.5 Å². The van der Waals surface area contributed by atoms with Gasteiger partial charge in [-0.2, -0.15) is 5.10 Å². The Hall–Kier alpha value is -2.50. The number of halogens is 1. The molecule has 2 heterocycles. The molecule has 3 nitrogen and oxygen atoms in total. The zero-order chi connectivity index (χ0) is 16.8. The van der Waals surface area contributed by atoms with E-state index in [1.54, 1.807) is 17.7 Å². The highest BCUT2D eigenvalue weighted by Crippen LogP contribution is 2.41. The second-order valence-corrected chi connectivity index (χ2v) is 7.66. The van der Waals surface area contributed by atoms with Gasteiger partial charge in [0.05, 0.1) is 10.6 Å². The van der Waals surface area contributed by atoms with E-state index in [0.29, 0.717) is 0 Å². The first-order valence-electron chi connectivity index (χ1n) is 7.88. The maximum absolute atomic E-state index is 4.45. The minimum Gasteiger partial charge on any atom is -0.206 e. The number of fused-ring (bicyclic) bond motifs is 2. The van der Waals surface area contributed by atoms with Gasteiger partial charge < -0.3 is 0 Å². The van der Waals surface area contributed by atoms with Gasteiger partial charge >= 0.3 is 0 Å². The van der Waals surface area contributed by atoms with E-state index in [-0.39, 0.29) is 0 Å². The van der Waals surface area contributed by atoms with Gasteiger partial charge in [0, 0.05) is 15.6 Å². The smallest absolute Gasteiger partial charge is 0.206 e. The molecule has 0 bridgehead atoms. The molecule has 2 aromatic heterocycles. The number of thiazole rings is 1. The molecule has 0 radical (unpaired) electrons. The van der Waals surface area contributed by atoms with Gasteiger partial charge in [0.15, 0.2) is 0 Å². The molecule has 0 saturated heterocycles. The van der Waals surface area contributed by atoms with Crippen LogP contribution in [0.15, 0.2) is 77.5 Å².